The molecule has 2 aromatic carbocycles. The van der Waals surface area contributed by atoms with Crippen molar-refractivity contribution >= 4 is 17.2 Å². The van der Waals surface area contributed by atoms with Gasteiger partial charge < -0.3 is 14.8 Å². The molecule has 0 unspecified atom stereocenters. The van der Waals surface area contributed by atoms with Gasteiger partial charge in [0.15, 0.2) is 29.6 Å². The van der Waals surface area contributed by atoms with Crippen molar-refractivity contribution in [2.24, 2.45) is 0 Å². The highest BCUT2D eigenvalue weighted by molar-refractivity contribution is 5.92. The summed E-state index contributed by atoms with van der Waals surface area (Å²) in [6, 6.07) is 17.0. The van der Waals surface area contributed by atoms with Crippen LogP contribution in [0.3, 0.4) is 0 Å². The molecule has 0 bridgehead atoms. The number of hydrogen-bond acceptors (Lipinski definition) is 6. The van der Waals surface area contributed by atoms with E-state index in [2.05, 4.69) is 20.6 Å². The molecule has 4 aromatic rings. The van der Waals surface area contributed by atoms with E-state index < -0.39 is 0 Å². The molecule has 0 saturated heterocycles. The Hall–Kier alpha value is -3.94. The Balaban J connectivity index is 1.28. The van der Waals surface area contributed by atoms with E-state index >= 15 is 0 Å². The summed E-state index contributed by atoms with van der Waals surface area (Å²) in [4.78, 5) is 12.5. The molecule has 162 valence electrons. The van der Waals surface area contributed by atoms with Gasteiger partial charge in [0.25, 0.3) is 5.91 Å². The van der Waals surface area contributed by atoms with E-state index in [1.165, 1.54) is 0 Å². The van der Waals surface area contributed by atoms with E-state index in [1.807, 2.05) is 75.4 Å². The highest BCUT2D eigenvalue weighted by Gasteiger charge is 2.32. The largest absolute Gasteiger partial charge is 0.483 e. The van der Waals surface area contributed by atoms with Crippen LogP contribution in [-0.4, -0.2) is 37.9 Å². The first-order valence-corrected chi connectivity index (χ1v) is 10.4. The zero-order valence-electron chi connectivity index (χ0n) is 18.1. The number of nitrogens with one attached hydrogen (secondary N) is 1. The predicted molar refractivity (Wildman–Crippen MR) is 120 cm³/mol. The number of amides is 1. The van der Waals surface area contributed by atoms with Gasteiger partial charge in [-0.05, 0) is 51.1 Å². The van der Waals surface area contributed by atoms with Crippen LogP contribution in [0.2, 0.25) is 0 Å². The minimum absolute atomic E-state index is 0.116. The van der Waals surface area contributed by atoms with Gasteiger partial charge >= 0.3 is 0 Å². The van der Waals surface area contributed by atoms with Gasteiger partial charge in [-0.15, -0.1) is 10.2 Å². The van der Waals surface area contributed by atoms with E-state index in [4.69, 9.17) is 9.47 Å². The van der Waals surface area contributed by atoms with Crippen LogP contribution in [0, 0.1) is 6.92 Å². The minimum atomic E-state index is -0.271. The Morgan fingerprint density at radius 1 is 1.16 bits per heavy atom. The molecule has 32 heavy (non-hydrogen) atoms. The summed E-state index contributed by atoms with van der Waals surface area (Å²) < 4.78 is 13.5. The van der Waals surface area contributed by atoms with Gasteiger partial charge in [0.05, 0.1) is 5.69 Å². The fourth-order valence-corrected chi connectivity index (χ4v) is 3.85. The lowest BCUT2D eigenvalue weighted by Crippen LogP contribution is -2.25. The van der Waals surface area contributed by atoms with Gasteiger partial charge in [-0.3, -0.25) is 4.79 Å². The van der Waals surface area contributed by atoms with Crippen LogP contribution in [-0.2, 0) is 11.2 Å². The molecule has 0 radical (unpaired) electrons. The number of anilines is 1. The van der Waals surface area contributed by atoms with Crippen LogP contribution < -0.4 is 14.8 Å². The molecule has 2 aromatic heterocycles. The average molecular weight is 429 g/mol. The molecule has 0 fully saturated rings. The Morgan fingerprint density at radius 2 is 2.00 bits per heavy atom. The summed E-state index contributed by atoms with van der Waals surface area (Å²) in [5.74, 6) is 1.76. The first-order valence-electron chi connectivity index (χ1n) is 10.4. The first-order chi connectivity index (χ1) is 15.4. The number of rotatable bonds is 5. The topological polar surface area (TPSA) is 90.6 Å². The summed E-state index contributed by atoms with van der Waals surface area (Å²) in [7, 11) is 0. The molecule has 5 rings (SSSR count). The van der Waals surface area contributed by atoms with Crippen LogP contribution in [0.5, 0.6) is 11.5 Å². The molecule has 0 spiro atoms. The third-order valence-electron chi connectivity index (χ3n) is 5.27. The van der Waals surface area contributed by atoms with Crippen LogP contribution >= 0.6 is 0 Å². The smallest absolute Gasteiger partial charge is 0.262 e. The summed E-state index contributed by atoms with van der Waals surface area (Å²) in [6.45, 7) is 5.80. The zero-order chi connectivity index (χ0) is 22.3. The summed E-state index contributed by atoms with van der Waals surface area (Å²) in [5.41, 5.74) is 3.80. The molecule has 1 amide bonds. The van der Waals surface area contributed by atoms with Crippen LogP contribution in [0.1, 0.15) is 25.2 Å². The number of ether oxygens (including phenoxy) is 2. The van der Waals surface area contributed by atoms with E-state index in [0.717, 1.165) is 29.0 Å². The van der Waals surface area contributed by atoms with E-state index in [0.29, 0.717) is 22.9 Å². The molecule has 0 aliphatic carbocycles. The quantitative estimate of drug-likeness (QED) is 0.519. The third-order valence-corrected chi connectivity index (χ3v) is 5.27. The number of nitrogens with zero attached hydrogens (tertiary/aromatic N) is 4. The van der Waals surface area contributed by atoms with Crippen LogP contribution in [0.4, 0.5) is 5.69 Å². The SMILES string of the molecule is Cc1nnc2ccc(-c3cccc(NC(=O)COc4cccc5c4OC(C)(C)C5)c3)nn12. The second-order valence-corrected chi connectivity index (χ2v) is 8.44. The Kier molecular flexibility index (Phi) is 4.77. The third kappa shape index (κ3) is 3.87. The van der Waals surface area contributed by atoms with E-state index in [-0.39, 0.29) is 18.1 Å². The number of carbonyl (C=O) groups is 1. The van der Waals surface area contributed by atoms with Crippen molar-refractivity contribution in [1.29, 1.82) is 0 Å². The first kappa shape index (κ1) is 20.0. The van der Waals surface area contributed by atoms with Gasteiger partial charge in [0.1, 0.15) is 5.60 Å². The highest BCUT2D eigenvalue weighted by Crippen LogP contribution is 2.41. The van der Waals surface area contributed by atoms with Gasteiger partial charge in [-0.1, -0.05) is 24.3 Å². The van der Waals surface area contributed by atoms with Crippen LogP contribution in [0.15, 0.2) is 54.6 Å². The fourth-order valence-electron chi connectivity index (χ4n) is 3.85. The number of fused-ring (bicyclic) bond motifs is 2. The number of carbonyl (C=O) groups excluding carboxylic acids is 1. The lowest BCUT2D eigenvalue weighted by molar-refractivity contribution is -0.118. The van der Waals surface area contributed by atoms with Crippen molar-refractivity contribution < 1.29 is 14.3 Å². The maximum atomic E-state index is 12.5. The van der Waals surface area contributed by atoms with Crippen molar-refractivity contribution in [3.8, 4) is 22.8 Å². The Morgan fingerprint density at radius 3 is 2.88 bits per heavy atom. The molecule has 1 aliphatic rings. The normalized spacial score (nSPS) is 14.1. The molecular weight excluding hydrogens is 406 g/mol. The molecule has 0 saturated carbocycles. The molecule has 8 nitrogen and oxygen atoms in total. The van der Waals surface area contributed by atoms with Crippen molar-refractivity contribution in [2.45, 2.75) is 32.8 Å². The van der Waals surface area contributed by atoms with Gasteiger partial charge in [0, 0.05) is 23.2 Å². The van der Waals surface area contributed by atoms with Gasteiger partial charge in [-0.2, -0.15) is 9.61 Å². The summed E-state index contributed by atoms with van der Waals surface area (Å²) in [6.07, 6.45) is 0.813. The van der Waals surface area contributed by atoms with Gasteiger partial charge in [0.2, 0.25) is 0 Å². The Bertz CT molecular complexity index is 1330. The second-order valence-electron chi connectivity index (χ2n) is 8.44. The zero-order valence-corrected chi connectivity index (χ0v) is 18.1. The number of benzene rings is 2. The molecule has 3 heterocycles. The lowest BCUT2D eigenvalue weighted by Gasteiger charge is -2.18. The predicted octanol–water partition coefficient (Wildman–Crippen LogP) is 3.83. The summed E-state index contributed by atoms with van der Waals surface area (Å²) in [5, 5.41) is 15.6. The van der Waals surface area contributed by atoms with Crippen molar-refractivity contribution in [3.63, 3.8) is 0 Å². The Labute approximate surface area is 185 Å². The van der Waals surface area contributed by atoms with E-state index in [1.54, 1.807) is 4.52 Å². The molecule has 8 heteroatoms. The minimum Gasteiger partial charge on any atom is -0.483 e. The van der Waals surface area contributed by atoms with Crippen molar-refractivity contribution in [3.05, 3.63) is 66.0 Å². The maximum absolute atomic E-state index is 12.5. The number of aryl methyl sites for hydroxylation is 1. The van der Waals surface area contributed by atoms with Gasteiger partial charge in [-0.25, -0.2) is 0 Å². The van der Waals surface area contributed by atoms with Crippen molar-refractivity contribution in [1.82, 2.24) is 19.8 Å². The number of para-hydroxylation sites is 1. The monoisotopic (exact) mass is 429 g/mol. The fraction of sp³-hybridized carbons (Fsp3) is 0.250. The summed E-state index contributed by atoms with van der Waals surface area (Å²) >= 11 is 0. The average Bonchev–Trinajstić information content (AvgIpc) is 3.30. The van der Waals surface area contributed by atoms with E-state index in [9.17, 15) is 4.79 Å². The maximum Gasteiger partial charge on any atom is 0.262 e. The number of hydrogen-bond donors (Lipinski definition) is 1. The second kappa shape index (κ2) is 7.64. The molecule has 1 aliphatic heterocycles. The molecular formula is C24H23N5O3. The highest BCUT2D eigenvalue weighted by atomic mass is 16.5. The van der Waals surface area contributed by atoms with Crippen molar-refractivity contribution in [2.75, 3.05) is 11.9 Å². The standard InChI is InChI=1S/C24H23N5O3/c1-15-26-27-21-11-10-19(28-29(15)21)16-6-4-8-18(12-16)25-22(30)14-31-20-9-5-7-17-13-24(2,3)32-23(17)20/h4-12H,13-14H2,1-3H3,(H,25,30). The molecule has 1 N–H and O–H groups in total. The number of aromatic nitrogens is 4. The molecule has 0 atom stereocenters. The lowest BCUT2D eigenvalue weighted by atomic mass is 10.0. The van der Waals surface area contributed by atoms with Crippen LogP contribution in [0.25, 0.3) is 16.9 Å².